The van der Waals surface area contributed by atoms with E-state index in [-0.39, 0.29) is 23.2 Å². The zero-order chi connectivity index (χ0) is 43.5. The van der Waals surface area contributed by atoms with Crippen LogP contribution in [0.5, 0.6) is 11.5 Å². The number of fused-ring (bicyclic) bond motifs is 6. The third-order valence-electron chi connectivity index (χ3n) is 11.8. The minimum Gasteiger partial charge on any atom is -0.496 e. The number of ether oxygens (including phenoxy) is 2. The minimum atomic E-state index is -1.10. The molecule has 0 saturated carbocycles. The molecule has 2 aliphatic heterocycles. The van der Waals surface area contributed by atoms with Crippen LogP contribution in [0.1, 0.15) is 75.4 Å². The van der Waals surface area contributed by atoms with Crippen LogP contribution in [0, 0.1) is 0 Å². The second-order valence-electron chi connectivity index (χ2n) is 16.8. The van der Waals surface area contributed by atoms with Gasteiger partial charge in [0, 0.05) is 60.1 Å². The smallest absolute Gasteiger partial charge is 0.274 e. The molecule has 0 amide bonds. The molecule has 2 atom stereocenters. The van der Waals surface area contributed by atoms with Crippen molar-refractivity contribution in [2.24, 2.45) is 0 Å². The molecule has 10 rings (SSSR count). The van der Waals surface area contributed by atoms with Crippen LogP contribution in [-0.2, 0) is 24.3 Å². The van der Waals surface area contributed by atoms with E-state index < -0.39 is 11.2 Å². The summed E-state index contributed by atoms with van der Waals surface area (Å²) in [7, 11) is 3.34. The SMILES string of the molecule is COc1ccccc1C1CCn2c(=O)c3ccc(-c4cnc(C(C)(C)O)nc4)cc3n21.COc1ccccc1[C@H]1CCn2c(=O)c3ccc(-c4cnc(C(C)(C)O)nc4)cc3n21. The van der Waals surface area contributed by atoms with Gasteiger partial charge in [-0.05, 0) is 88.1 Å². The van der Waals surface area contributed by atoms with Crippen LogP contribution >= 0.6 is 0 Å². The minimum absolute atomic E-state index is 0.0189. The lowest BCUT2D eigenvalue weighted by Gasteiger charge is -2.18. The lowest BCUT2D eigenvalue weighted by atomic mass is 10.0. The maximum Gasteiger partial charge on any atom is 0.274 e. The summed E-state index contributed by atoms with van der Waals surface area (Å²) >= 11 is 0. The third kappa shape index (κ3) is 7.04. The normalized spacial score (nSPS) is 15.9. The Hall–Kier alpha value is -6.90. The highest BCUT2D eigenvalue weighted by Gasteiger charge is 2.31. The number of benzene rings is 4. The number of para-hydroxylation sites is 2. The summed E-state index contributed by atoms with van der Waals surface area (Å²) in [4.78, 5) is 43.3. The second-order valence-corrected chi connectivity index (χ2v) is 16.8. The fourth-order valence-electron chi connectivity index (χ4n) is 8.77. The number of rotatable bonds is 8. The number of methoxy groups -OCH3 is 2. The molecule has 0 spiro atoms. The molecule has 6 heterocycles. The van der Waals surface area contributed by atoms with Crippen molar-refractivity contribution in [1.82, 2.24) is 38.7 Å². The van der Waals surface area contributed by atoms with Crippen molar-refractivity contribution in [3.05, 3.63) is 153 Å². The van der Waals surface area contributed by atoms with Crippen LogP contribution in [0.4, 0.5) is 0 Å². The van der Waals surface area contributed by atoms with Crippen molar-refractivity contribution in [1.29, 1.82) is 0 Å². The molecule has 14 nitrogen and oxygen atoms in total. The van der Waals surface area contributed by atoms with Gasteiger partial charge in [0.1, 0.15) is 22.7 Å². The number of hydrogen-bond donors (Lipinski definition) is 2. The third-order valence-corrected chi connectivity index (χ3v) is 11.8. The van der Waals surface area contributed by atoms with E-state index in [1.807, 2.05) is 82.2 Å². The average molecular weight is 833 g/mol. The lowest BCUT2D eigenvalue weighted by molar-refractivity contribution is 0.0682. The van der Waals surface area contributed by atoms with Gasteiger partial charge in [-0.15, -0.1) is 0 Å². The van der Waals surface area contributed by atoms with Crippen LogP contribution in [0.3, 0.4) is 0 Å². The Bertz CT molecular complexity index is 2870. The van der Waals surface area contributed by atoms with Gasteiger partial charge in [-0.1, -0.05) is 48.5 Å². The van der Waals surface area contributed by atoms with Crippen LogP contribution in [0.2, 0.25) is 0 Å². The Morgan fingerprint density at radius 1 is 0.548 bits per heavy atom. The molecule has 4 aromatic heterocycles. The highest BCUT2D eigenvalue weighted by atomic mass is 16.5. The fraction of sp³-hybridized carbons (Fsp3) is 0.292. The van der Waals surface area contributed by atoms with E-state index in [0.717, 1.165) is 68.8 Å². The predicted octanol–water partition coefficient (Wildman–Crippen LogP) is 6.98. The largest absolute Gasteiger partial charge is 0.496 e. The fourth-order valence-corrected chi connectivity index (χ4v) is 8.77. The monoisotopic (exact) mass is 832 g/mol. The number of aliphatic hydroxyl groups is 2. The Kier molecular flexibility index (Phi) is 10.1. The van der Waals surface area contributed by atoms with Gasteiger partial charge < -0.3 is 19.7 Å². The summed E-state index contributed by atoms with van der Waals surface area (Å²) < 4.78 is 19.0. The van der Waals surface area contributed by atoms with Crippen LogP contribution in [-0.4, -0.2) is 63.1 Å². The Balaban J connectivity index is 0.000000158. The molecular weight excluding hydrogens is 785 g/mol. The molecule has 2 aliphatic rings. The molecular formula is C48H48N8O6. The van der Waals surface area contributed by atoms with Gasteiger partial charge in [0.2, 0.25) is 0 Å². The molecule has 0 radical (unpaired) electrons. The predicted molar refractivity (Wildman–Crippen MR) is 236 cm³/mol. The summed E-state index contributed by atoms with van der Waals surface area (Å²) in [5.41, 5.74) is 5.23. The van der Waals surface area contributed by atoms with Gasteiger partial charge in [0.25, 0.3) is 11.1 Å². The van der Waals surface area contributed by atoms with E-state index in [4.69, 9.17) is 9.47 Å². The summed E-state index contributed by atoms with van der Waals surface area (Å²) in [6.07, 6.45) is 8.49. The molecule has 8 aromatic rings. The van der Waals surface area contributed by atoms with Crippen LogP contribution in [0.25, 0.3) is 44.1 Å². The van der Waals surface area contributed by atoms with Crippen molar-refractivity contribution < 1.29 is 19.7 Å². The summed E-state index contributed by atoms with van der Waals surface area (Å²) in [5.74, 6) is 2.38. The van der Waals surface area contributed by atoms with Gasteiger partial charge in [0.15, 0.2) is 11.6 Å². The maximum absolute atomic E-state index is 13.0. The highest BCUT2D eigenvalue weighted by Crippen LogP contribution is 2.39. The van der Waals surface area contributed by atoms with E-state index in [9.17, 15) is 19.8 Å². The van der Waals surface area contributed by atoms with Gasteiger partial charge in [-0.3, -0.25) is 19.0 Å². The summed E-state index contributed by atoms with van der Waals surface area (Å²) in [6.45, 7) is 7.95. The van der Waals surface area contributed by atoms with E-state index in [1.165, 1.54) is 0 Å². The maximum atomic E-state index is 13.0. The molecule has 2 N–H and O–H groups in total. The average Bonchev–Trinajstić information content (AvgIpc) is 4.05. The van der Waals surface area contributed by atoms with Crippen LogP contribution in [0.15, 0.2) is 119 Å². The first-order valence-corrected chi connectivity index (χ1v) is 20.6. The first-order chi connectivity index (χ1) is 29.8. The van der Waals surface area contributed by atoms with Gasteiger partial charge in [-0.2, -0.15) is 0 Å². The first-order valence-electron chi connectivity index (χ1n) is 20.6. The van der Waals surface area contributed by atoms with Crippen molar-refractivity contribution in [2.45, 2.75) is 76.9 Å². The zero-order valence-electron chi connectivity index (χ0n) is 35.5. The Labute approximate surface area is 357 Å². The topological polar surface area (TPSA) is 164 Å². The molecule has 316 valence electrons. The quantitative estimate of drug-likeness (QED) is 0.163. The molecule has 0 aliphatic carbocycles. The first kappa shape index (κ1) is 40.5. The Morgan fingerprint density at radius 2 is 0.919 bits per heavy atom. The van der Waals surface area contributed by atoms with E-state index >= 15 is 0 Å². The summed E-state index contributed by atoms with van der Waals surface area (Å²) in [5, 5.41) is 21.6. The van der Waals surface area contributed by atoms with E-state index in [1.54, 1.807) is 66.7 Å². The number of hydrogen-bond acceptors (Lipinski definition) is 10. The van der Waals surface area contributed by atoms with Crippen molar-refractivity contribution >= 4 is 21.8 Å². The number of nitrogens with zero attached hydrogens (tertiary/aromatic N) is 8. The number of aromatic nitrogens is 8. The molecule has 62 heavy (non-hydrogen) atoms. The standard InChI is InChI=1S/2C24H24N4O3/c2*1-24(2,30)23-25-13-16(14-26-23)15-8-9-18-20(12-15)28-19(10-11-27(28)22(18)29)17-6-4-5-7-21(17)31-3/h2*4-9,12-14,19,30H,10-11H2,1-3H3/t19-;/m1./s1. The summed E-state index contributed by atoms with van der Waals surface area (Å²) in [6, 6.07) is 27.6. The van der Waals surface area contributed by atoms with E-state index in [0.29, 0.717) is 35.5 Å². The van der Waals surface area contributed by atoms with Crippen molar-refractivity contribution in [3.8, 4) is 33.8 Å². The zero-order valence-corrected chi connectivity index (χ0v) is 35.5. The van der Waals surface area contributed by atoms with Crippen molar-refractivity contribution in [3.63, 3.8) is 0 Å². The van der Waals surface area contributed by atoms with Crippen LogP contribution < -0.4 is 20.6 Å². The van der Waals surface area contributed by atoms with Gasteiger partial charge in [-0.25, -0.2) is 29.3 Å². The molecule has 0 fully saturated rings. The van der Waals surface area contributed by atoms with Gasteiger partial charge in [0.05, 0.1) is 48.1 Å². The van der Waals surface area contributed by atoms with Crippen molar-refractivity contribution in [2.75, 3.05) is 14.2 Å². The molecule has 0 bridgehead atoms. The molecule has 4 aromatic carbocycles. The van der Waals surface area contributed by atoms with E-state index in [2.05, 4.69) is 41.4 Å². The Morgan fingerprint density at radius 3 is 1.27 bits per heavy atom. The molecule has 0 saturated heterocycles. The second kappa shape index (κ2) is 15.5. The molecule has 1 unspecified atom stereocenters. The highest BCUT2D eigenvalue weighted by molar-refractivity contribution is 5.86. The molecule has 14 heteroatoms. The lowest BCUT2D eigenvalue weighted by Crippen LogP contribution is -2.19. The van der Waals surface area contributed by atoms with Gasteiger partial charge >= 0.3 is 0 Å².